The monoisotopic (exact) mass is 393 g/mol. The first kappa shape index (κ1) is 20.5. The number of carbonyl (C=O) groups is 1. The largest absolute Gasteiger partial charge is 0.497 e. The topological polar surface area (TPSA) is 51.9 Å². The molecule has 1 amide bonds. The molecule has 152 valence electrons. The highest BCUT2D eigenvalue weighted by molar-refractivity contribution is 6.01. The van der Waals surface area contributed by atoms with E-state index in [0.717, 1.165) is 50.3 Å². The van der Waals surface area contributed by atoms with Crippen LogP contribution in [0.25, 0.3) is 27.7 Å². The molecule has 3 rings (SSSR count). The van der Waals surface area contributed by atoms with E-state index in [1.165, 1.54) is 0 Å². The second kappa shape index (κ2) is 8.43. The van der Waals surface area contributed by atoms with Crippen LogP contribution in [0.15, 0.2) is 47.1 Å². The molecule has 0 spiro atoms. The summed E-state index contributed by atoms with van der Waals surface area (Å²) in [6, 6.07) is 9.92. The SMILES string of the molecule is CCOc1c(/C(C)=C/C(=O)N(C)C)cc2c(-c3ccc(OC)cc3)coc2c1C. The maximum atomic E-state index is 12.2. The molecule has 0 unspecified atom stereocenters. The first-order valence-electron chi connectivity index (χ1n) is 9.59. The average molecular weight is 393 g/mol. The van der Waals surface area contributed by atoms with Gasteiger partial charge in [-0.25, -0.2) is 0 Å². The molecule has 0 atom stereocenters. The Morgan fingerprint density at radius 1 is 1.21 bits per heavy atom. The average Bonchev–Trinajstić information content (AvgIpc) is 3.14. The lowest BCUT2D eigenvalue weighted by atomic mass is 9.96. The normalized spacial score (nSPS) is 11.6. The molecule has 2 aromatic carbocycles. The number of furan rings is 1. The van der Waals surface area contributed by atoms with E-state index in [2.05, 4.69) is 0 Å². The van der Waals surface area contributed by atoms with Gasteiger partial charge in [0.25, 0.3) is 0 Å². The Labute approximate surface area is 171 Å². The van der Waals surface area contributed by atoms with E-state index in [1.54, 1.807) is 38.4 Å². The van der Waals surface area contributed by atoms with Crippen molar-refractivity contribution in [3.05, 3.63) is 53.8 Å². The molecule has 3 aromatic rings. The van der Waals surface area contributed by atoms with Gasteiger partial charge in [-0.1, -0.05) is 12.1 Å². The van der Waals surface area contributed by atoms with Gasteiger partial charge >= 0.3 is 0 Å². The Balaban J connectivity index is 2.21. The Morgan fingerprint density at radius 2 is 1.90 bits per heavy atom. The Hall–Kier alpha value is -3.21. The minimum absolute atomic E-state index is 0.0646. The van der Waals surface area contributed by atoms with E-state index in [0.29, 0.717) is 6.61 Å². The highest BCUT2D eigenvalue weighted by Gasteiger charge is 2.19. The van der Waals surface area contributed by atoms with Gasteiger partial charge in [0.2, 0.25) is 5.91 Å². The molecule has 1 heterocycles. The molecule has 1 aromatic heterocycles. The van der Waals surface area contributed by atoms with Crippen molar-refractivity contribution in [3.8, 4) is 22.6 Å². The number of aryl methyl sites for hydroxylation is 1. The highest BCUT2D eigenvalue weighted by atomic mass is 16.5. The third-order valence-corrected chi connectivity index (χ3v) is 4.94. The van der Waals surface area contributed by atoms with Crippen LogP contribution in [0.5, 0.6) is 11.5 Å². The van der Waals surface area contributed by atoms with Gasteiger partial charge in [-0.3, -0.25) is 4.79 Å². The fourth-order valence-electron chi connectivity index (χ4n) is 3.33. The second-order valence-electron chi connectivity index (χ2n) is 7.13. The number of benzene rings is 2. The van der Waals surface area contributed by atoms with E-state index in [4.69, 9.17) is 13.9 Å². The van der Waals surface area contributed by atoms with Crippen molar-refractivity contribution in [1.82, 2.24) is 4.90 Å². The third-order valence-electron chi connectivity index (χ3n) is 4.94. The predicted octanol–water partition coefficient (Wildman–Crippen LogP) is 5.31. The maximum Gasteiger partial charge on any atom is 0.246 e. The van der Waals surface area contributed by atoms with E-state index >= 15 is 0 Å². The smallest absolute Gasteiger partial charge is 0.246 e. The van der Waals surface area contributed by atoms with Gasteiger partial charge in [0, 0.05) is 42.2 Å². The van der Waals surface area contributed by atoms with Gasteiger partial charge in [-0.2, -0.15) is 0 Å². The van der Waals surface area contributed by atoms with E-state index < -0.39 is 0 Å². The molecule has 0 aliphatic rings. The molecule has 0 saturated heterocycles. The number of methoxy groups -OCH3 is 1. The quantitative estimate of drug-likeness (QED) is 0.533. The number of hydrogen-bond acceptors (Lipinski definition) is 4. The predicted molar refractivity (Wildman–Crippen MR) is 116 cm³/mol. The molecule has 0 saturated carbocycles. The number of allylic oxidation sites excluding steroid dienone is 1. The van der Waals surface area contributed by atoms with Crippen molar-refractivity contribution in [2.24, 2.45) is 0 Å². The lowest BCUT2D eigenvalue weighted by molar-refractivity contribution is -0.123. The Morgan fingerprint density at radius 3 is 2.48 bits per heavy atom. The Bertz CT molecular complexity index is 1060. The van der Waals surface area contributed by atoms with Crippen molar-refractivity contribution in [2.45, 2.75) is 20.8 Å². The van der Waals surface area contributed by atoms with Crippen LogP contribution < -0.4 is 9.47 Å². The van der Waals surface area contributed by atoms with Crippen LogP contribution in [0.4, 0.5) is 0 Å². The van der Waals surface area contributed by atoms with Gasteiger partial charge in [0.15, 0.2) is 0 Å². The maximum absolute atomic E-state index is 12.2. The summed E-state index contributed by atoms with van der Waals surface area (Å²) < 4.78 is 17.1. The zero-order valence-electron chi connectivity index (χ0n) is 17.8. The molecule has 0 aliphatic heterocycles. The zero-order valence-corrected chi connectivity index (χ0v) is 17.8. The van der Waals surface area contributed by atoms with Crippen LogP contribution in [0.3, 0.4) is 0 Å². The first-order chi connectivity index (χ1) is 13.9. The number of amides is 1. The molecular weight excluding hydrogens is 366 g/mol. The van der Waals surface area contributed by atoms with Crippen LogP contribution in [-0.2, 0) is 4.79 Å². The molecule has 0 radical (unpaired) electrons. The number of fused-ring (bicyclic) bond motifs is 1. The van der Waals surface area contributed by atoms with Crippen LogP contribution in [0.2, 0.25) is 0 Å². The van der Waals surface area contributed by atoms with Crippen molar-refractivity contribution in [2.75, 3.05) is 27.8 Å². The number of hydrogen-bond donors (Lipinski definition) is 0. The van der Waals surface area contributed by atoms with Crippen molar-refractivity contribution in [3.63, 3.8) is 0 Å². The summed E-state index contributed by atoms with van der Waals surface area (Å²) in [5.74, 6) is 1.49. The summed E-state index contributed by atoms with van der Waals surface area (Å²) in [7, 11) is 5.13. The standard InChI is InChI=1S/C24H27NO4/c1-7-28-23-16(3)24-20(13-19(23)15(2)12-22(26)25(4)5)21(14-29-24)17-8-10-18(27-6)11-9-17/h8-14H,7H2,1-6H3/b15-12+. The number of ether oxygens (including phenoxy) is 2. The lowest BCUT2D eigenvalue weighted by Crippen LogP contribution is -2.19. The van der Waals surface area contributed by atoms with Gasteiger partial charge in [-0.05, 0) is 50.1 Å². The van der Waals surface area contributed by atoms with Gasteiger partial charge in [0.05, 0.1) is 20.0 Å². The number of rotatable bonds is 6. The summed E-state index contributed by atoms with van der Waals surface area (Å²) in [5.41, 5.74) is 5.47. The van der Waals surface area contributed by atoms with Crippen LogP contribution in [0, 0.1) is 6.92 Å². The van der Waals surface area contributed by atoms with Crippen LogP contribution >= 0.6 is 0 Å². The molecular formula is C24H27NO4. The van der Waals surface area contributed by atoms with Gasteiger partial charge in [-0.15, -0.1) is 0 Å². The molecule has 29 heavy (non-hydrogen) atoms. The minimum atomic E-state index is -0.0646. The first-order valence-corrected chi connectivity index (χ1v) is 9.59. The van der Waals surface area contributed by atoms with Crippen molar-refractivity contribution >= 4 is 22.4 Å². The molecule has 0 aliphatic carbocycles. The summed E-state index contributed by atoms with van der Waals surface area (Å²) in [4.78, 5) is 13.8. The van der Waals surface area contributed by atoms with E-state index in [-0.39, 0.29) is 5.91 Å². The number of carbonyl (C=O) groups excluding carboxylic acids is 1. The molecule has 0 fully saturated rings. The number of nitrogens with zero attached hydrogens (tertiary/aromatic N) is 1. The fourth-order valence-corrected chi connectivity index (χ4v) is 3.33. The molecule has 5 heteroatoms. The summed E-state index contributed by atoms with van der Waals surface area (Å²) in [5, 5.41) is 0.983. The third kappa shape index (κ3) is 3.99. The summed E-state index contributed by atoms with van der Waals surface area (Å²) >= 11 is 0. The van der Waals surface area contributed by atoms with Crippen molar-refractivity contribution in [1.29, 1.82) is 0 Å². The summed E-state index contributed by atoms with van der Waals surface area (Å²) in [6.07, 6.45) is 3.40. The second-order valence-corrected chi connectivity index (χ2v) is 7.13. The van der Waals surface area contributed by atoms with E-state index in [1.807, 2.05) is 51.1 Å². The Kier molecular flexibility index (Phi) is 5.97. The van der Waals surface area contributed by atoms with Gasteiger partial charge in [0.1, 0.15) is 17.1 Å². The van der Waals surface area contributed by atoms with Gasteiger partial charge < -0.3 is 18.8 Å². The molecule has 5 nitrogen and oxygen atoms in total. The fraction of sp³-hybridized carbons (Fsp3) is 0.292. The molecule has 0 bridgehead atoms. The summed E-state index contributed by atoms with van der Waals surface area (Å²) in [6.45, 7) is 6.39. The minimum Gasteiger partial charge on any atom is -0.497 e. The number of likely N-dealkylation sites (N-methyl/N-ethyl adjacent to an activating group) is 1. The molecule has 0 N–H and O–H groups in total. The van der Waals surface area contributed by atoms with E-state index in [9.17, 15) is 4.79 Å². The lowest BCUT2D eigenvalue weighted by Gasteiger charge is -2.15. The highest BCUT2D eigenvalue weighted by Crippen LogP contribution is 2.41. The zero-order chi connectivity index (χ0) is 21.1. The van der Waals surface area contributed by atoms with Crippen molar-refractivity contribution < 1.29 is 18.7 Å². The van der Waals surface area contributed by atoms with Crippen LogP contribution in [-0.4, -0.2) is 38.6 Å². The van der Waals surface area contributed by atoms with Crippen LogP contribution in [0.1, 0.15) is 25.0 Å².